The van der Waals surface area contributed by atoms with Crippen LogP contribution in [0, 0.1) is 20.2 Å². The van der Waals surface area contributed by atoms with Crippen molar-refractivity contribution in [3.63, 3.8) is 0 Å². The molecule has 1 aliphatic heterocycles. The first-order valence-electron chi connectivity index (χ1n) is 19.5. The van der Waals surface area contributed by atoms with Crippen LogP contribution in [0.25, 0.3) is 6.08 Å². The van der Waals surface area contributed by atoms with Crippen molar-refractivity contribution in [2.45, 2.75) is 39.5 Å². The van der Waals surface area contributed by atoms with Gasteiger partial charge in [-0.05, 0) is 69.7 Å². The average molecular weight is 967 g/mol. The Hall–Kier alpha value is -7.14. The molecular formula is C43H43CoN10O9S2-. The van der Waals surface area contributed by atoms with E-state index in [1.54, 1.807) is 7.11 Å². The molecule has 4 aromatic rings. The van der Waals surface area contributed by atoms with E-state index < -0.39 is 9.85 Å². The maximum Gasteiger partial charge on any atom is 0.319 e. The normalized spacial score (nSPS) is 18.1. The number of hydrogen-bond acceptors (Lipinski definition) is 16. The van der Waals surface area contributed by atoms with Crippen LogP contribution < -0.4 is 29.2 Å². The van der Waals surface area contributed by atoms with Crippen molar-refractivity contribution in [2.75, 3.05) is 32.1 Å². The number of para-hydroxylation sites is 1. The van der Waals surface area contributed by atoms with Gasteiger partial charge < -0.3 is 40.0 Å². The van der Waals surface area contributed by atoms with Crippen LogP contribution in [-0.4, -0.2) is 80.6 Å². The van der Waals surface area contributed by atoms with E-state index in [9.17, 15) is 40.0 Å². The molecule has 0 amide bonds. The molecule has 22 heteroatoms. The second-order valence-electron chi connectivity index (χ2n) is 13.8. The molecule has 0 saturated heterocycles. The second-order valence-corrected chi connectivity index (χ2v) is 15.7. The predicted molar refractivity (Wildman–Crippen MR) is 245 cm³/mol. The third-order valence-electron chi connectivity index (χ3n) is 9.96. The zero-order chi connectivity index (χ0) is 46.6. The van der Waals surface area contributed by atoms with Gasteiger partial charge in [0.05, 0.1) is 22.4 Å². The Morgan fingerprint density at radius 3 is 1.78 bits per heavy atom. The molecule has 0 fully saturated rings. The Kier molecular flexibility index (Phi) is 17.9. The largest absolute Gasteiger partial charge is 0.506 e. The zero-order valence-electron chi connectivity index (χ0n) is 35.8. The Labute approximate surface area is 390 Å². The van der Waals surface area contributed by atoms with E-state index >= 15 is 0 Å². The van der Waals surface area contributed by atoms with Crippen molar-refractivity contribution >= 4 is 78.8 Å². The molecule has 0 bridgehead atoms. The third kappa shape index (κ3) is 12.5. The standard InChI is InChI=1S/C25H33N2O.2C9H6N4O4S.Co/c1-7-25(4)21-12-10-11-13-22(21)26(5)24(25)17-15-19-14-16-20(18-23(19)28-6)27(8-2)9-3;2*14-5-1-2-6(7(15)3-5)11-12-9-10-4-8(18-9)13(16)17;/h10-18H,7-9H2,1-6H3;2*1-4H,(H2,10,12,14,15);/q+1;;;/p-2. The fourth-order valence-electron chi connectivity index (χ4n) is 6.47. The van der Waals surface area contributed by atoms with E-state index in [0.29, 0.717) is 0 Å². The summed E-state index contributed by atoms with van der Waals surface area (Å²) >= 11 is 1.51. The van der Waals surface area contributed by atoms with E-state index in [1.165, 1.54) is 47.0 Å². The van der Waals surface area contributed by atoms with Gasteiger partial charge in [-0.3, -0.25) is 40.0 Å². The monoisotopic (exact) mass is 966 g/mol. The van der Waals surface area contributed by atoms with Gasteiger partial charge in [0, 0.05) is 99.0 Å². The fraction of sp³-hybridized carbons (Fsp3) is 0.233. The summed E-state index contributed by atoms with van der Waals surface area (Å²) in [6, 6.07) is 15.2. The number of aliphatic hydroxyl groups excluding tert-OH is 2. The quantitative estimate of drug-likeness (QED) is 0.0702. The van der Waals surface area contributed by atoms with Gasteiger partial charge in [0.15, 0.2) is 17.3 Å². The van der Waals surface area contributed by atoms with E-state index in [-0.39, 0.29) is 76.3 Å². The summed E-state index contributed by atoms with van der Waals surface area (Å²) in [7, 11) is 3.92. The summed E-state index contributed by atoms with van der Waals surface area (Å²) in [5, 5.41) is 53.9. The summed E-state index contributed by atoms with van der Waals surface area (Å²) in [5.41, 5.74) is 6.55. The number of methoxy groups -OCH3 is 1. The van der Waals surface area contributed by atoms with Crippen LogP contribution in [0.15, 0.2) is 129 Å². The second kappa shape index (κ2) is 23.0. The van der Waals surface area contributed by atoms with Gasteiger partial charge in [0.1, 0.15) is 35.7 Å². The maximum atomic E-state index is 10.9. The average Bonchev–Trinajstić information content (AvgIpc) is 4.02. The molecule has 1 unspecified atom stereocenters. The SMILES string of the molecule is CCN(CC)c1ccc(/C=C/C2=[N+](C)c3ccccc3C2(C)CC)c(OC)c1.O=C1C=CC(=NN=c2[n-]cc([N+](=O)[O-])s2)C(O)=C1.O=C1C=CC(=NN=c2[n-]cc([N+](=O)[O-])s2)C(O)=C1.[Co]. The molecule has 2 N–H and O–H groups in total. The van der Waals surface area contributed by atoms with Crippen LogP contribution in [0.3, 0.4) is 0 Å². The Bertz CT molecular complexity index is 2740. The van der Waals surface area contributed by atoms with Crippen LogP contribution in [0.4, 0.5) is 21.4 Å². The number of nitro groups is 2. The number of thiazole rings is 2. The summed E-state index contributed by atoms with van der Waals surface area (Å²) in [6.07, 6.45) is 14.7. The number of nitrogens with zero attached hydrogens (tertiary/aromatic N) is 10. The van der Waals surface area contributed by atoms with Crippen LogP contribution in [-0.2, 0) is 31.8 Å². The number of ether oxygens (including phenoxy) is 1. The van der Waals surface area contributed by atoms with Gasteiger partial charge in [0.25, 0.3) is 0 Å². The molecule has 2 aromatic heterocycles. The van der Waals surface area contributed by atoms with Crippen molar-refractivity contribution in [3.05, 3.63) is 150 Å². The summed E-state index contributed by atoms with van der Waals surface area (Å²) in [4.78, 5) is 51.3. The van der Waals surface area contributed by atoms with Gasteiger partial charge in [-0.2, -0.15) is 4.58 Å². The molecule has 3 aliphatic rings. The minimum Gasteiger partial charge on any atom is -0.506 e. The fourth-order valence-corrected chi connectivity index (χ4v) is 7.58. The number of carbonyl (C=O) groups is 2. The molecule has 0 saturated carbocycles. The number of rotatable bonds is 11. The molecular weight excluding hydrogens is 924 g/mol. The van der Waals surface area contributed by atoms with Gasteiger partial charge >= 0.3 is 10.0 Å². The number of fused-ring (bicyclic) bond motifs is 1. The minimum absolute atomic E-state index is 0. The third-order valence-corrected chi connectivity index (χ3v) is 11.6. The van der Waals surface area contributed by atoms with Gasteiger partial charge in [-0.25, -0.2) is 0 Å². The van der Waals surface area contributed by atoms with Gasteiger partial charge in [0.2, 0.25) is 5.69 Å². The number of carbonyl (C=O) groups excluding carboxylic acids is 2. The first-order valence-corrected chi connectivity index (χ1v) is 21.1. The van der Waals surface area contributed by atoms with E-state index in [4.69, 9.17) is 4.74 Å². The Morgan fingerprint density at radius 1 is 0.815 bits per heavy atom. The number of benzene rings is 2. The van der Waals surface area contributed by atoms with Crippen molar-refractivity contribution in [1.29, 1.82) is 0 Å². The molecule has 1 radical (unpaired) electrons. The summed E-state index contributed by atoms with van der Waals surface area (Å²) in [6.45, 7) is 11.0. The van der Waals surface area contributed by atoms with Crippen LogP contribution in [0.5, 0.6) is 5.75 Å². The molecule has 2 aromatic carbocycles. The first-order chi connectivity index (χ1) is 30.6. The number of aromatic nitrogens is 2. The summed E-state index contributed by atoms with van der Waals surface area (Å²) < 4.78 is 8.03. The summed E-state index contributed by atoms with van der Waals surface area (Å²) in [5.74, 6) is -0.403. The maximum absolute atomic E-state index is 10.9. The van der Waals surface area contributed by atoms with Crippen molar-refractivity contribution in [2.24, 2.45) is 20.4 Å². The van der Waals surface area contributed by atoms with E-state index in [0.717, 1.165) is 78.0 Å². The number of aliphatic hydroxyl groups is 2. The Morgan fingerprint density at radius 2 is 1.34 bits per heavy atom. The topological polar surface area (TPSA) is 254 Å². The molecule has 3 heterocycles. The van der Waals surface area contributed by atoms with Gasteiger partial charge in [-0.1, -0.05) is 47.8 Å². The smallest absolute Gasteiger partial charge is 0.319 e. The van der Waals surface area contributed by atoms with Crippen molar-refractivity contribution in [1.82, 2.24) is 9.97 Å². The van der Waals surface area contributed by atoms with E-state index in [2.05, 4.69) is 129 Å². The predicted octanol–water partition coefficient (Wildman–Crippen LogP) is 6.55. The minimum atomic E-state index is -0.583. The number of hydrogen-bond donors (Lipinski definition) is 2. The number of ketones is 2. The molecule has 1 atom stereocenters. The van der Waals surface area contributed by atoms with Crippen molar-refractivity contribution in [3.8, 4) is 5.75 Å². The van der Waals surface area contributed by atoms with Gasteiger partial charge in [-0.15, -0.1) is 0 Å². The number of allylic oxidation sites excluding steroid dienone is 7. The van der Waals surface area contributed by atoms with E-state index in [1.807, 2.05) is 0 Å². The molecule has 7 rings (SSSR count). The zero-order valence-corrected chi connectivity index (χ0v) is 38.5. The van der Waals surface area contributed by atoms with Crippen LogP contribution in [0.1, 0.15) is 45.2 Å². The molecule has 341 valence electrons. The molecule has 19 nitrogen and oxygen atoms in total. The Balaban J connectivity index is 0.000000220. The van der Waals surface area contributed by atoms with Crippen molar-refractivity contribution < 1.29 is 55.7 Å². The number of anilines is 1. The molecule has 2 aliphatic carbocycles. The first kappa shape index (κ1) is 50.5. The molecule has 65 heavy (non-hydrogen) atoms. The molecule has 0 spiro atoms. The van der Waals surface area contributed by atoms with Crippen LogP contribution in [0.2, 0.25) is 0 Å². The van der Waals surface area contributed by atoms with Crippen LogP contribution >= 0.6 is 22.7 Å².